The van der Waals surface area contributed by atoms with Crippen LogP contribution in [-0.2, 0) is 11.2 Å². The Labute approximate surface area is 157 Å². The number of para-hydroxylation sites is 1. The van der Waals surface area contributed by atoms with Crippen LogP contribution in [0.2, 0.25) is 0 Å². The molecule has 5 N–H and O–H groups in total. The quantitative estimate of drug-likeness (QED) is 0.416. The van der Waals surface area contributed by atoms with Gasteiger partial charge in [0.25, 0.3) is 0 Å². The van der Waals surface area contributed by atoms with E-state index in [1.807, 2.05) is 36.5 Å². The molecule has 6 heteroatoms. The first-order valence-electron chi connectivity index (χ1n) is 8.79. The third-order valence-electron chi connectivity index (χ3n) is 4.63. The Morgan fingerprint density at radius 2 is 1.74 bits per heavy atom. The number of aromatic amines is 1. The van der Waals surface area contributed by atoms with Crippen LogP contribution < -0.4 is 5.32 Å². The Hall–Kier alpha value is -2.67. The van der Waals surface area contributed by atoms with E-state index in [1.54, 1.807) is 24.3 Å². The molecule has 2 atom stereocenters. The normalized spacial score (nSPS) is 13.6. The van der Waals surface area contributed by atoms with Crippen molar-refractivity contribution >= 4 is 16.8 Å². The van der Waals surface area contributed by atoms with Crippen LogP contribution in [0.25, 0.3) is 10.9 Å². The van der Waals surface area contributed by atoms with Crippen molar-refractivity contribution in [2.45, 2.75) is 18.6 Å². The van der Waals surface area contributed by atoms with Gasteiger partial charge in [-0.3, -0.25) is 4.79 Å². The summed E-state index contributed by atoms with van der Waals surface area (Å²) in [4.78, 5) is 15.7. The first-order valence-corrected chi connectivity index (χ1v) is 8.79. The van der Waals surface area contributed by atoms with Crippen LogP contribution in [-0.4, -0.2) is 45.5 Å². The van der Waals surface area contributed by atoms with E-state index in [2.05, 4.69) is 10.3 Å². The lowest BCUT2D eigenvalue weighted by Gasteiger charge is -2.24. The SMILES string of the molecule is O=C(NC(CO)C(O)c1ccccc1)[C](CO)Cc1c[nH]c2ccccc12. The third-order valence-corrected chi connectivity index (χ3v) is 4.63. The molecular formula is C21H23N2O4. The van der Waals surface area contributed by atoms with E-state index in [0.717, 1.165) is 16.5 Å². The van der Waals surface area contributed by atoms with E-state index in [-0.39, 0.29) is 12.3 Å². The van der Waals surface area contributed by atoms with Crippen molar-refractivity contribution in [2.75, 3.05) is 13.2 Å². The van der Waals surface area contributed by atoms with Crippen molar-refractivity contribution in [3.63, 3.8) is 0 Å². The van der Waals surface area contributed by atoms with Crippen molar-refractivity contribution in [3.05, 3.63) is 77.8 Å². The fourth-order valence-electron chi connectivity index (χ4n) is 3.09. The first kappa shape index (κ1) is 19.1. The smallest absolute Gasteiger partial charge is 0.230 e. The number of rotatable bonds is 8. The Morgan fingerprint density at radius 1 is 1.04 bits per heavy atom. The second-order valence-electron chi connectivity index (χ2n) is 6.42. The molecule has 0 saturated carbocycles. The van der Waals surface area contributed by atoms with Crippen molar-refractivity contribution < 1.29 is 20.1 Å². The molecule has 6 nitrogen and oxygen atoms in total. The van der Waals surface area contributed by atoms with Gasteiger partial charge < -0.3 is 25.6 Å². The minimum atomic E-state index is -1.05. The Balaban J connectivity index is 1.70. The monoisotopic (exact) mass is 367 g/mol. The predicted octanol–water partition coefficient (Wildman–Crippen LogP) is 1.49. The molecule has 27 heavy (non-hydrogen) atoms. The second kappa shape index (κ2) is 8.81. The first-order chi connectivity index (χ1) is 13.1. The average Bonchev–Trinajstić information content (AvgIpc) is 3.13. The van der Waals surface area contributed by atoms with Crippen LogP contribution in [0.15, 0.2) is 60.8 Å². The number of aromatic nitrogens is 1. The molecular weight excluding hydrogens is 344 g/mol. The van der Waals surface area contributed by atoms with Crippen molar-refractivity contribution in [2.24, 2.45) is 0 Å². The Bertz CT molecular complexity index is 878. The zero-order valence-electron chi connectivity index (χ0n) is 14.8. The molecule has 0 aliphatic heterocycles. The maximum Gasteiger partial charge on any atom is 0.230 e. The molecule has 3 rings (SSSR count). The summed E-state index contributed by atoms with van der Waals surface area (Å²) in [6.45, 7) is -0.835. The number of hydrogen-bond acceptors (Lipinski definition) is 4. The topological polar surface area (TPSA) is 106 Å². The van der Waals surface area contributed by atoms with Gasteiger partial charge in [0.05, 0.1) is 25.2 Å². The number of amides is 1. The van der Waals surface area contributed by atoms with Crippen LogP contribution in [0.5, 0.6) is 0 Å². The number of aliphatic hydroxyl groups is 3. The molecule has 0 spiro atoms. The molecule has 3 aromatic rings. The highest BCUT2D eigenvalue weighted by atomic mass is 16.3. The van der Waals surface area contributed by atoms with Crippen LogP contribution in [0.4, 0.5) is 0 Å². The highest BCUT2D eigenvalue weighted by Gasteiger charge is 2.27. The van der Waals surface area contributed by atoms with E-state index in [9.17, 15) is 20.1 Å². The predicted molar refractivity (Wildman–Crippen MR) is 103 cm³/mol. The summed E-state index contributed by atoms with van der Waals surface area (Å²) in [5, 5.41) is 33.3. The highest BCUT2D eigenvalue weighted by molar-refractivity contribution is 5.92. The van der Waals surface area contributed by atoms with Gasteiger partial charge in [0, 0.05) is 17.1 Å². The number of carbonyl (C=O) groups is 1. The van der Waals surface area contributed by atoms with Gasteiger partial charge in [-0.05, 0) is 23.6 Å². The lowest BCUT2D eigenvalue weighted by atomic mass is 9.97. The maximum absolute atomic E-state index is 12.6. The summed E-state index contributed by atoms with van der Waals surface area (Å²) in [5.74, 6) is -0.227. The van der Waals surface area contributed by atoms with E-state index < -0.39 is 31.3 Å². The van der Waals surface area contributed by atoms with E-state index in [0.29, 0.717) is 5.56 Å². The maximum atomic E-state index is 12.6. The number of fused-ring (bicyclic) bond motifs is 1. The van der Waals surface area contributed by atoms with Gasteiger partial charge in [0.2, 0.25) is 5.91 Å². The number of aliphatic hydroxyl groups excluding tert-OH is 3. The number of H-pyrrole nitrogens is 1. The van der Waals surface area contributed by atoms with Gasteiger partial charge in [0.1, 0.15) is 6.10 Å². The summed E-state index contributed by atoms with van der Waals surface area (Å²) < 4.78 is 0. The van der Waals surface area contributed by atoms with Crippen LogP contribution in [0.1, 0.15) is 17.2 Å². The minimum absolute atomic E-state index is 0.262. The highest BCUT2D eigenvalue weighted by Crippen LogP contribution is 2.22. The number of benzene rings is 2. The van der Waals surface area contributed by atoms with Gasteiger partial charge in [-0.15, -0.1) is 0 Å². The summed E-state index contributed by atoms with van der Waals surface area (Å²) >= 11 is 0. The zero-order valence-corrected chi connectivity index (χ0v) is 14.8. The lowest BCUT2D eigenvalue weighted by Crippen LogP contribution is -2.45. The minimum Gasteiger partial charge on any atom is -0.395 e. The summed E-state index contributed by atoms with van der Waals surface area (Å²) in [7, 11) is 0. The van der Waals surface area contributed by atoms with Gasteiger partial charge >= 0.3 is 0 Å². The van der Waals surface area contributed by atoms with Crippen molar-refractivity contribution in [3.8, 4) is 0 Å². The largest absolute Gasteiger partial charge is 0.395 e. The molecule has 1 radical (unpaired) electrons. The van der Waals surface area contributed by atoms with Crippen LogP contribution >= 0.6 is 0 Å². The van der Waals surface area contributed by atoms with E-state index >= 15 is 0 Å². The van der Waals surface area contributed by atoms with Crippen LogP contribution in [0.3, 0.4) is 0 Å². The van der Waals surface area contributed by atoms with E-state index in [4.69, 9.17) is 0 Å². The van der Waals surface area contributed by atoms with Gasteiger partial charge in [-0.2, -0.15) is 0 Å². The summed E-state index contributed by atoms with van der Waals surface area (Å²) in [6.07, 6.45) is 1.04. The molecule has 1 heterocycles. The standard InChI is InChI=1S/C21H23N2O4/c24-12-16(10-15-11-22-18-9-5-4-8-17(15)18)21(27)23-19(13-25)20(26)14-6-2-1-3-7-14/h1-9,11,19-20,22,24-26H,10,12-13H2,(H,23,27). The molecule has 141 valence electrons. The van der Waals surface area contributed by atoms with Gasteiger partial charge in [-0.25, -0.2) is 0 Å². The fourth-order valence-corrected chi connectivity index (χ4v) is 3.09. The van der Waals surface area contributed by atoms with E-state index in [1.165, 1.54) is 0 Å². The van der Waals surface area contributed by atoms with Gasteiger partial charge in [-0.1, -0.05) is 48.5 Å². The molecule has 2 unspecified atom stereocenters. The Morgan fingerprint density at radius 3 is 2.44 bits per heavy atom. The fraction of sp³-hybridized carbons (Fsp3) is 0.238. The molecule has 0 aliphatic rings. The average molecular weight is 367 g/mol. The number of nitrogens with one attached hydrogen (secondary N) is 2. The molecule has 0 fully saturated rings. The van der Waals surface area contributed by atoms with Crippen molar-refractivity contribution in [1.29, 1.82) is 0 Å². The summed E-state index contributed by atoms with van der Waals surface area (Å²) in [5.41, 5.74) is 2.45. The zero-order chi connectivity index (χ0) is 19.2. The van der Waals surface area contributed by atoms with Gasteiger partial charge in [0.15, 0.2) is 0 Å². The number of carbonyl (C=O) groups excluding carboxylic acids is 1. The van der Waals surface area contributed by atoms with Crippen molar-refractivity contribution in [1.82, 2.24) is 10.3 Å². The summed E-state index contributed by atoms with van der Waals surface area (Å²) in [6, 6.07) is 15.7. The second-order valence-corrected chi connectivity index (χ2v) is 6.42. The molecule has 1 amide bonds. The molecule has 0 saturated heterocycles. The lowest BCUT2D eigenvalue weighted by molar-refractivity contribution is -0.122. The molecule has 1 aromatic heterocycles. The Kier molecular flexibility index (Phi) is 6.24. The third kappa shape index (κ3) is 4.36. The molecule has 0 aliphatic carbocycles. The number of hydrogen-bond donors (Lipinski definition) is 5. The molecule has 0 bridgehead atoms. The van der Waals surface area contributed by atoms with Crippen LogP contribution in [0, 0.1) is 5.92 Å². The molecule has 2 aromatic carbocycles.